The molecule has 1 N–H and O–H groups in total. The van der Waals surface area contributed by atoms with Crippen LogP contribution in [-0.2, 0) is 9.53 Å². The molecule has 1 aliphatic heterocycles. The number of nitrogens with one attached hydrogen (secondary N) is 1. The van der Waals surface area contributed by atoms with Gasteiger partial charge in [0.2, 0.25) is 5.91 Å². The number of fused-ring (bicyclic) bond motifs is 1. The van der Waals surface area contributed by atoms with E-state index in [0.29, 0.717) is 16.9 Å². The zero-order chi connectivity index (χ0) is 18.0. The normalized spacial score (nSPS) is 15.7. The number of amides is 1. The fourth-order valence-electron chi connectivity index (χ4n) is 2.70. The molecule has 25 heavy (non-hydrogen) atoms. The van der Waals surface area contributed by atoms with Gasteiger partial charge in [-0.05, 0) is 32.0 Å². The predicted octanol–water partition coefficient (Wildman–Crippen LogP) is 3.85. The van der Waals surface area contributed by atoms with Gasteiger partial charge in [-0.15, -0.1) is 0 Å². The van der Waals surface area contributed by atoms with Gasteiger partial charge < -0.3 is 14.8 Å². The molecule has 0 aliphatic carbocycles. The Labute approximate surface area is 144 Å². The van der Waals surface area contributed by atoms with Gasteiger partial charge in [0, 0.05) is 11.6 Å². The Morgan fingerprint density at radius 3 is 2.80 bits per heavy atom. The molecule has 5 nitrogen and oxygen atoms in total. The van der Waals surface area contributed by atoms with Crippen molar-refractivity contribution >= 4 is 17.6 Å². The molecule has 3 rings (SSSR count). The Hall–Kier alpha value is -2.89. The first-order chi connectivity index (χ1) is 11.9. The molecule has 0 aromatic heterocycles. The third kappa shape index (κ3) is 3.79. The van der Waals surface area contributed by atoms with E-state index in [-0.39, 0.29) is 18.2 Å². The fourth-order valence-corrected chi connectivity index (χ4v) is 2.70. The summed E-state index contributed by atoms with van der Waals surface area (Å²) in [6.07, 6.45) is -0.823. The molecule has 1 heterocycles. The third-order valence-electron chi connectivity index (χ3n) is 3.73. The minimum absolute atomic E-state index is 0.0552. The molecule has 2 aromatic rings. The third-order valence-corrected chi connectivity index (χ3v) is 3.73. The SMILES string of the molecule is CC(C)Oc1ccc(F)cc1NC(=O)C[C@@H]1OC(=O)c2ccccc21. The molecule has 0 spiro atoms. The number of anilines is 1. The van der Waals surface area contributed by atoms with Gasteiger partial charge in [-0.3, -0.25) is 4.79 Å². The van der Waals surface area contributed by atoms with Crippen LogP contribution in [0.5, 0.6) is 5.75 Å². The van der Waals surface area contributed by atoms with Crippen molar-refractivity contribution in [1.82, 2.24) is 0 Å². The van der Waals surface area contributed by atoms with Crippen LogP contribution in [0.1, 0.15) is 42.3 Å². The Morgan fingerprint density at radius 1 is 1.28 bits per heavy atom. The minimum atomic E-state index is -0.647. The van der Waals surface area contributed by atoms with Crippen LogP contribution in [0.2, 0.25) is 0 Å². The Kier molecular flexibility index (Phi) is 4.70. The highest BCUT2D eigenvalue weighted by Crippen LogP contribution is 2.33. The van der Waals surface area contributed by atoms with E-state index in [2.05, 4.69) is 5.32 Å². The molecule has 1 atom stereocenters. The maximum Gasteiger partial charge on any atom is 0.339 e. The highest BCUT2D eigenvalue weighted by atomic mass is 19.1. The lowest BCUT2D eigenvalue weighted by Gasteiger charge is -2.16. The monoisotopic (exact) mass is 343 g/mol. The van der Waals surface area contributed by atoms with Crippen molar-refractivity contribution in [3.63, 3.8) is 0 Å². The van der Waals surface area contributed by atoms with Crippen LogP contribution < -0.4 is 10.1 Å². The summed E-state index contributed by atoms with van der Waals surface area (Å²) in [4.78, 5) is 24.2. The number of benzene rings is 2. The molecule has 0 bridgehead atoms. The van der Waals surface area contributed by atoms with Crippen molar-refractivity contribution in [2.24, 2.45) is 0 Å². The molecule has 2 aromatic carbocycles. The summed E-state index contributed by atoms with van der Waals surface area (Å²) in [5.74, 6) is -0.936. The lowest BCUT2D eigenvalue weighted by molar-refractivity contribution is -0.118. The molecule has 0 saturated carbocycles. The van der Waals surface area contributed by atoms with E-state index in [1.54, 1.807) is 24.3 Å². The summed E-state index contributed by atoms with van der Waals surface area (Å²) < 4.78 is 24.3. The maximum absolute atomic E-state index is 13.5. The first-order valence-corrected chi connectivity index (χ1v) is 8.00. The maximum atomic E-state index is 13.5. The summed E-state index contributed by atoms with van der Waals surface area (Å²) in [7, 11) is 0. The Morgan fingerprint density at radius 2 is 2.04 bits per heavy atom. The van der Waals surface area contributed by atoms with Gasteiger partial charge in [0.15, 0.2) is 0 Å². The molecule has 0 unspecified atom stereocenters. The number of esters is 1. The van der Waals surface area contributed by atoms with Crippen molar-refractivity contribution in [3.05, 3.63) is 59.4 Å². The first kappa shape index (κ1) is 17.0. The zero-order valence-electron chi connectivity index (χ0n) is 13.9. The quantitative estimate of drug-likeness (QED) is 0.838. The van der Waals surface area contributed by atoms with Crippen molar-refractivity contribution in [2.75, 3.05) is 5.32 Å². The van der Waals surface area contributed by atoms with E-state index in [4.69, 9.17) is 9.47 Å². The van der Waals surface area contributed by atoms with Crippen LogP contribution >= 0.6 is 0 Å². The molecule has 1 amide bonds. The smallest absolute Gasteiger partial charge is 0.339 e. The summed E-state index contributed by atoms with van der Waals surface area (Å²) in [5.41, 5.74) is 1.40. The first-order valence-electron chi connectivity index (χ1n) is 8.00. The van der Waals surface area contributed by atoms with E-state index in [0.717, 1.165) is 0 Å². The fraction of sp³-hybridized carbons (Fsp3) is 0.263. The van der Waals surface area contributed by atoms with Crippen molar-refractivity contribution in [1.29, 1.82) is 0 Å². The topological polar surface area (TPSA) is 64.6 Å². The molecular weight excluding hydrogens is 325 g/mol. The second kappa shape index (κ2) is 6.93. The number of carbonyl (C=O) groups excluding carboxylic acids is 2. The second-order valence-electron chi connectivity index (χ2n) is 6.04. The largest absolute Gasteiger partial charge is 0.489 e. The summed E-state index contributed by atoms with van der Waals surface area (Å²) in [6.45, 7) is 3.67. The molecule has 1 aliphatic rings. The van der Waals surface area contributed by atoms with Gasteiger partial charge in [-0.25, -0.2) is 9.18 Å². The summed E-state index contributed by atoms with van der Waals surface area (Å²) >= 11 is 0. The van der Waals surface area contributed by atoms with Crippen LogP contribution in [0.15, 0.2) is 42.5 Å². The van der Waals surface area contributed by atoms with Crippen LogP contribution in [0, 0.1) is 5.82 Å². The lowest BCUT2D eigenvalue weighted by atomic mass is 10.0. The Balaban J connectivity index is 1.74. The van der Waals surface area contributed by atoms with Gasteiger partial charge >= 0.3 is 5.97 Å². The second-order valence-corrected chi connectivity index (χ2v) is 6.04. The number of hydrogen-bond donors (Lipinski definition) is 1. The van der Waals surface area contributed by atoms with Crippen molar-refractivity contribution in [2.45, 2.75) is 32.5 Å². The van der Waals surface area contributed by atoms with Crippen LogP contribution in [0.3, 0.4) is 0 Å². The average Bonchev–Trinajstić information content (AvgIpc) is 2.86. The van der Waals surface area contributed by atoms with Crippen molar-refractivity contribution < 1.29 is 23.5 Å². The summed E-state index contributed by atoms with van der Waals surface area (Å²) in [6, 6.07) is 10.9. The Bertz CT molecular complexity index is 819. The average molecular weight is 343 g/mol. The molecule has 0 fully saturated rings. The van der Waals surface area contributed by atoms with E-state index >= 15 is 0 Å². The van der Waals surface area contributed by atoms with E-state index in [9.17, 15) is 14.0 Å². The highest BCUT2D eigenvalue weighted by molar-refractivity contribution is 5.96. The lowest BCUT2D eigenvalue weighted by Crippen LogP contribution is -2.17. The van der Waals surface area contributed by atoms with Crippen LogP contribution in [0.25, 0.3) is 0 Å². The van der Waals surface area contributed by atoms with Crippen LogP contribution in [0.4, 0.5) is 10.1 Å². The van der Waals surface area contributed by atoms with E-state index < -0.39 is 23.8 Å². The molecular formula is C19H18FNO4. The predicted molar refractivity (Wildman–Crippen MR) is 90.0 cm³/mol. The number of hydrogen-bond acceptors (Lipinski definition) is 4. The standard InChI is InChI=1S/C19H18FNO4/c1-11(2)24-16-8-7-12(20)9-15(16)21-18(22)10-17-13-5-3-4-6-14(13)19(23)25-17/h3-9,11,17H,10H2,1-2H3,(H,21,22)/t17-/m0/s1. The number of ether oxygens (including phenoxy) is 2. The van der Waals surface area contributed by atoms with Crippen LogP contribution in [-0.4, -0.2) is 18.0 Å². The van der Waals surface area contributed by atoms with Gasteiger partial charge in [0.1, 0.15) is 17.7 Å². The number of rotatable bonds is 5. The van der Waals surface area contributed by atoms with Gasteiger partial charge in [0.25, 0.3) is 0 Å². The van der Waals surface area contributed by atoms with Crippen molar-refractivity contribution in [3.8, 4) is 5.75 Å². The number of carbonyl (C=O) groups is 2. The van der Waals surface area contributed by atoms with E-state index in [1.165, 1.54) is 18.2 Å². The zero-order valence-corrected chi connectivity index (χ0v) is 13.9. The molecule has 0 radical (unpaired) electrons. The number of halogens is 1. The van der Waals surface area contributed by atoms with Gasteiger partial charge in [-0.1, -0.05) is 18.2 Å². The van der Waals surface area contributed by atoms with Gasteiger partial charge in [0.05, 0.1) is 23.8 Å². The summed E-state index contributed by atoms with van der Waals surface area (Å²) in [5, 5.41) is 2.63. The van der Waals surface area contributed by atoms with E-state index in [1.807, 2.05) is 13.8 Å². The highest BCUT2D eigenvalue weighted by Gasteiger charge is 2.32. The number of cyclic esters (lactones) is 1. The molecule has 6 heteroatoms. The molecule has 0 saturated heterocycles. The minimum Gasteiger partial charge on any atom is -0.489 e. The van der Waals surface area contributed by atoms with Gasteiger partial charge in [-0.2, -0.15) is 0 Å². The molecule has 130 valence electrons.